The zero-order chi connectivity index (χ0) is 13.2. The predicted molar refractivity (Wildman–Crippen MR) is 72.7 cm³/mol. The standard InChI is InChI=1S/C15H20ClFO/c1-15(8-4-3-5-9-15)14(16)11-6-7-13(18-2)12(17)10-11/h6-7,10,14H,3-5,8-9H2,1-2H3. The zero-order valence-electron chi connectivity index (χ0n) is 11.0. The van der Waals surface area contributed by atoms with E-state index in [0.717, 1.165) is 18.4 Å². The summed E-state index contributed by atoms with van der Waals surface area (Å²) < 4.78 is 18.7. The summed E-state index contributed by atoms with van der Waals surface area (Å²) in [5.41, 5.74) is 0.945. The van der Waals surface area contributed by atoms with E-state index in [2.05, 4.69) is 6.92 Å². The van der Waals surface area contributed by atoms with Gasteiger partial charge in [0.15, 0.2) is 11.6 Å². The van der Waals surface area contributed by atoms with Gasteiger partial charge in [0, 0.05) is 0 Å². The maximum absolute atomic E-state index is 13.7. The van der Waals surface area contributed by atoms with E-state index in [0.29, 0.717) is 0 Å². The molecule has 1 saturated carbocycles. The highest BCUT2D eigenvalue weighted by Gasteiger charge is 2.35. The summed E-state index contributed by atoms with van der Waals surface area (Å²) in [4.78, 5) is 0. The Bertz CT molecular complexity index is 413. The minimum absolute atomic E-state index is 0.0842. The van der Waals surface area contributed by atoms with Crippen molar-refractivity contribution in [2.45, 2.75) is 44.4 Å². The van der Waals surface area contributed by atoms with Crippen LogP contribution in [0.2, 0.25) is 0 Å². The van der Waals surface area contributed by atoms with Crippen LogP contribution in [0.25, 0.3) is 0 Å². The topological polar surface area (TPSA) is 9.23 Å². The summed E-state index contributed by atoms with van der Waals surface area (Å²) in [7, 11) is 1.47. The van der Waals surface area contributed by atoms with E-state index < -0.39 is 0 Å². The highest BCUT2D eigenvalue weighted by molar-refractivity contribution is 6.21. The zero-order valence-corrected chi connectivity index (χ0v) is 11.8. The van der Waals surface area contributed by atoms with Crippen LogP contribution in [-0.2, 0) is 0 Å². The second-order valence-corrected chi connectivity index (χ2v) is 5.91. The van der Waals surface area contributed by atoms with Crippen molar-refractivity contribution in [3.8, 4) is 5.75 Å². The van der Waals surface area contributed by atoms with Crippen LogP contribution < -0.4 is 4.74 Å². The van der Waals surface area contributed by atoms with Crippen LogP contribution in [0.3, 0.4) is 0 Å². The van der Waals surface area contributed by atoms with Crippen LogP contribution in [0, 0.1) is 11.2 Å². The Morgan fingerprint density at radius 2 is 1.94 bits per heavy atom. The van der Waals surface area contributed by atoms with E-state index in [1.165, 1.54) is 32.4 Å². The number of benzene rings is 1. The lowest BCUT2D eigenvalue weighted by Gasteiger charge is -2.38. The molecule has 1 atom stereocenters. The third-order valence-electron chi connectivity index (χ3n) is 4.08. The number of hydrogen-bond acceptors (Lipinski definition) is 1. The molecule has 0 spiro atoms. The Balaban J connectivity index is 2.22. The van der Waals surface area contributed by atoms with Gasteiger partial charge in [-0.3, -0.25) is 0 Å². The van der Waals surface area contributed by atoms with Gasteiger partial charge in [-0.2, -0.15) is 0 Å². The molecule has 0 radical (unpaired) electrons. The fourth-order valence-corrected chi connectivity index (χ4v) is 3.21. The first kappa shape index (κ1) is 13.7. The van der Waals surface area contributed by atoms with Crippen LogP contribution in [-0.4, -0.2) is 7.11 Å². The first-order valence-electron chi connectivity index (χ1n) is 6.54. The third kappa shape index (κ3) is 2.64. The largest absolute Gasteiger partial charge is 0.494 e. The van der Waals surface area contributed by atoms with Gasteiger partial charge in [0.1, 0.15) is 0 Å². The van der Waals surface area contributed by atoms with Crippen molar-refractivity contribution in [2.24, 2.45) is 5.41 Å². The molecule has 1 aliphatic carbocycles. The van der Waals surface area contributed by atoms with Crippen LogP contribution in [0.5, 0.6) is 5.75 Å². The van der Waals surface area contributed by atoms with Crippen molar-refractivity contribution >= 4 is 11.6 Å². The maximum Gasteiger partial charge on any atom is 0.165 e. The molecular formula is C15H20ClFO. The molecule has 0 saturated heterocycles. The minimum Gasteiger partial charge on any atom is -0.494 e. The Hall–Kier alpha value is -0.760. The number of ether oxygens (including phenoxy) is 1. The van der Waals surface area contributed by atoms with Gasteiger partial charge < -0.3 is 4.74 Å². The number of rotatable bonds is 3. The van der Waals surface area contributed by atoms with Crippen LogP contribution in [0.4, 0.5) is 4.39 Å². The lowest BCUT2D eigenvalue weighted by molar-refractivity contribution is 0.206. The van der Waals surface area contributed by atoms with Gasteiger partial charge in [-0.15, -0.1) is 11.6 Å². The molecule has 1 nitrogen and oxygen atoms in total. The van der Waals surface area contributed by atoms with Crippen molar-refractivity contribution in [1.29, 1.82) is 0 Å². The van der Waals surface area contributed by atoms with Crippen molar-refractivity contribution < 1.29 is 9.13 Å². The number of alkyl halides is 1. The molecular weight excluding hydrogens is 251 g/mol. The molecule has 0 N–H and O–H groups in total. The summed E-state index contributed by atoms with van der Waals surface area (Å²) in [6, 6.07) is 5.04. The average Bonchev–Trinajstić information content (AvgIpc) is 2.38. The summed E-state index contributed by atoms with van der Waals surface area (Å²) in [5, 5.41) is -0.127. The molecule has 2 rings (SSSR count). The molecule has 1 aromatic carbocycles. The molecule has 0 amide bonds. The summed E-state index contributed by atoms with van der Waals surface area (Å²) in [6.07, 6.45) is 5.97. The van der Waals surface area contributed by atoms with E-state index in [-0.39, 0.29) is 22.4 Å². The van der Waals surface area contributed by atoms with Crippen molar-refractivity contribution in [1.82, 2.24) is 0 Å². The van der Waals surface area contributed by atoms with Crippen molar-refractivity contribution in [3.63, 3.8) is 0 Å². The normalized spacial score (nSPS) is 20.4. The molecule has 1 aromatic rings. The average molecular weight is 271 g/mol. The summed E-state index contributed by atoms with van der Waals surface area (Å²) in [5.74, 6) is -0.0588. The molecule has 18 heavy (non-hydrogen) atoms. The minimum atomic E-state index is -0.333. The van der Waals surface area contributed by atoms with Crippen molar-refractivity contribution in [2.75, 3.05) is 7.11 Å². The molecule has 0 bridgehead atoms. The van der Waals surface area contributed by atoms with Gasteiger partial charge in [-0.25, -0.2) is 4.39 Å². The number of halogens is 2. The highest BCUT2D eigenvalue weighted by atomic mass is 35.5. The van der Waals surface area contributed by atoms with Gasteiger partial charge in [0.2, 0.25) is 0 Å². The summed E-state index contributed by atoms with van der Waals surface area (Å²) >= 11 is 6.59. The fraction of sp³-hybridized carbons (Fsp3) is 0.600. The van der Waals surface area contributed by atoms with Crippen LogP contribution in [0.1, 0.15) is 50.0 Å². The Morgan fingerprint density at radius 3 is 2.50 bits per heavy atom. The third-order valence-corrected chi connectivity index (χ3v) is 4.85. The van der Waals surface area contributed by atoms with E-state index in [1.54, 1.807) is 6.07 Å². The van der Waals surface area contributed by atoms with Crippen LogP contribution >= 0.6 is 11.6 Å². The second kappa shape index (κ2) is 5.48. The Morgan fingerprint density at radius 1 is 1.28 bits per heavy atom. The van der Waals surface area contributed by atoms with E-state index in [1.807, 2.05) is 6.07 Å². The predicted octanol–water partition coefficient (Wildman–Crippen LogP) is 5.08. The molecule has 0 aliphatic heterocycles. The highest BCUT2D eigenvalue weighted by Crippen LogP contribution is 2.49. The lowest BCUT2D eigenvalue weighted by Crippen LogP contribution is -2.25. The van der Waals surface area contributed by atoms with Gasteiger partial charge in [0.05, 0.1) is 12.5 Å². The molecule has 1 fully saturated rings. The molecule has 3 heteroatoms. The van der Waals surface area contributed by atoms with Gasteiger partial charge >= 0.3 is 0 Å². The first-order valence-corrected chi connectivity index (χ1v) is 6.98. The molecule has 0 heterocycles. The van der Waals surface area contributed by atoms with E-state index >= 15 is 0 Å². The quantitative estimate of drug-likeness (QED) is 0.696. The van der Waals surface area contributed by atoms with E-state index in [9.17, 15) is 4.39 Å². The van der Waals surface area contributed by atoms with Crippen LogP contribution in [0.15, 0.2) is 18.2 Å². The van der Waals surface area contributed by atoms with Crippen molar-refractivity contribution in [3.05, 3.63) is 29.6 Å². The number of hydrogen-bond donors (Lipinski definition) is 0. The SMILES string of the molecule is COc1ccc(C(Cl)C2(C)CCCCC2)cc1F. The Kier molecular flexibility index (Phi) is 4.16. The molecule has 100 valence electrons. The molecule has 1 unspecified atom stereocenters. The lowest BCUT2D eigenvalue weighted by atomic mass is 9.71. The smallest absolute Gasteiger partial charge is 0.165 e. The molecule has 0 aromatic heterocycles. The first-order chi connectivity index (χ1) is 8.57. The number of methoxy groups -OCH3 is 1. The second-order valence-electron chi connectivity index (χ2n) is 5.47. The summed E-state index contributed by atoms with van der Waals surface area (Å²) in [6.45, 7) is 2.21. The van der Waals surface area contributed by atoms with Gasteiger partial charge in [0.25, 0.3) is 0 Å². The van der Waals surface area contributed by atoms with Gasteiger partial charge in [-0.05, 0) is 36.0 Å². The Labute approximate surface area is 113 Å². The fourth-order valence-electron chi connectivity index (χ4n) is 2.86. The maximum atomic E-state index is 13.7. The van der Waals surface area contributed by atoms with Gasteiger partial charge in [-0.1, -0.05) is 32.3 Å². The van der Waals surface area contributed by atoms with E-state index in [4.69, 9.17) is 16.3 Å². The molecule has 1 aliphatic rings. The monoisotopic (exact) mass is 270 g/mol.